The van der Waals surface area contributed by atoms with Crippen molar-refractivity contribution in [3.8, 4) is 0 Å². The number of anilines is 6. The lowest BCUT2D eigenvalue weighted by atomic mass is 10.1. The molecule has 1 amide bonds. The fraction of sp³-hybridized carbons (Fsp3) is 0.242. The number of aromatic nitrogens is 8. The molecule has 0 bridgehead atoms. The number of carbonyl (C=O) groups excluding carboxylic acids is 1. The Bertz CT molecular complexity index is 1980. The Morgan fingerprint density at radius 2 is 1.20 bits per heavy atom. The highest BCUT2D eigenvalue weighted by molar-refractivity contribution is 5.92. The molecule has 5 N–H and O–H groups in total. The van der Waals surface area contributed by atoms with Crippen LogP contribution in [-0.2, 0) is 4.79 Å². The number of amides is 1. The van der Waals surface area contributed by atoms with Crippen LogP contribution in [0.2, 0.25) is 0 Å². The summed E-state index contributed by atoms with van der Waals surface area (Å²) in [7, 11) is 0. The number of carbonyl (C=O) groups is 1. The smallest absolute Gasteiger partial charge is 0.224 e. The highest BCUT2D eigenvalue weighted by atomic mass is 16.1. The van der Waals surface area contributed by atoms with E-state index in [2.05, 4.69) is 84.0 Å². The predicted molar refractivity (Wildman–Crippen MR) is 181 cm³/mol. The predicted octanol–water partition coefficient (Wildman–Crippen LogP) is 6.50. The molecule has 13 heteroatoms. The maximum atomic E-state index is 11.5. The molecule has 6 aromatic heterocycles. The number of rotatable bonds is 8. The van der Waals surface area contributed by atoms with Gasteiger partial charge in [0, 0.05) is 6.42 Å². The summed E-state index contributed by atoms with van der Waals surface area (Å²) in [5.74, 6) is 3.35. The van der Waals surface area contributed by atoms with E-state index in [1.165, 1.54) is 0 Å². The minimum absolute atomic E-state index is 0.0591. The molecule has 0 aromatic carbocycles. The highest BCUT2D eigenvalue weighted by Crippen LogP contribution is 2.22. The summed E-state index contributed by atoms with van der Waals surface area (Å²) >= 11 is 0. The molecule has 13 nitrogen and oxygen atoms in total. The van der Waals surface area contributed by atoms with Crippen LogP contribution < -0.4 is 21.7 Å². The summed E-state index contributed by atoms with van der Waals surface area (Å²) < 4.78 is 0. The Morgan fingerprint density at radius 1 is 0.674 bits per heavy atom. The number of fused-ring (bicyclic) bond motifs is 2. The molecule has 0 atom stereocenters. The van der Waals surface area contributed by atoms with Gasteiger partial charge in [-0.3, -0.25) is 14.8 Å². The fourth-order valence-electron chi connectivity index (χ4n) is 4.27. The number of nitrogens with zero attached hydrogens (tertiary/aromatic N) is 8. The Kier molecular flexibility index (Phi) is 9.81. The second-order valence-electron chi connectivity index (χ2n) is 11.2. The second kappa shape index (κ2) is 14.3. The topological polar surface area (TPSA) is 182 Å². The molecule has 0 aliphatic carbocycles. The van der Waals surface area contributed by atoms with Gasteiger partial charge in [-0.15, -0.1) is 10.2 Å². The summed E-state index contributed by atoms with van der Waals surface area (Å²) in [6, 6.07) is 15.0. The Labute approximate surface area is 266 Å². The van der Waals surface area contributed by atoms with Gasteiger partial charge in [0.1, 0.15) is 11.6 Å². The van der Waals surface area contributed by atoms with Gasteiger partial charge >= 0.3 is 0 Å². The number of hydrogen-bond acceptors (Lipinski definition) is 12. The van der Waals surface area contributed by atoms with Crippen molar-refractivity contribution in [2.75, 3.05) is 21.7 Å². The molecular formula is C33H36N12O. The van der Waals surface area contributed by atoms with Crippen molar-refractivity contribution in [1.82, 2.24) is 40.3 Å². The molecule has 234 valence electrons. The van der Waals surface area contributed by atoms with E-state index in [0.717, 1.165) is 27.7 Å². The zero-order valence-electron chi connectivity index (χ0n) is 26.4. The first-order chi connectivity index (χ1) is 22.2. The van der Waals surface area contributed by atoms with Crippen LogP contribution in [0.3, 0.4) is 0 Å². The third-order valence-electron chi connectivity index (χ3n) is 6.90. The Morgan fingerprint density at radius 3 is 1.72 bits per heavy atom. The standard InChI is InChI=1S/C18H20N6O.C15H16N6/c1-4-18(25)21-13-8-15-14(19-10-13)5-6-16(22-15)23-17-7-12(11(2)3)9-20-24-17;1-9(2)10-5-15(21-18-7-10)20-14-4-3-12-13(19-14)6-11(16)8-17-12/h5-11H,4H2,1-3H3,(H,21,25)(H,22,23,24);3-9H,16H2,1-2H3,(H,19,20,21). The van der Waals surface area contributed by atoms with Gasteiger partial charge in [0.2, 0.25) is 5.91 Å². The first kappa shape index (κ1) is 31.6. The van der Waals surface area contributed by atoms with Crippen molar-refractivity contribution in [2.45, 2.75) is 52.9 Å². The number of pyridine rings is 4. The molecule has 6 heterocycles. The van der Waals surface area contributed by atoms with Gasteiger partial charge in [-0.1, -0.05) is 34.6 Å². The molecule has 0 spiro atoms. The maximum absolute atomic E-state index is 11.5. The quantitative estimate of drug-likeness (QED) is 0.146. The number of nitrogens with one attached hydrogen (secondary N) is 3. The fourth-order valence-corrected chi connectivity index (χ4v) is 4.27. The van der Waals surface area contributed by atoms with Crippen LogP contribution >= 0.6 is 0 Å². The molecule has 0 fully saturated rings. The van der Waals surface area contributed by atoms with Gasteiger partial charge in [0.15, 0.2) is 11.6 Å². The van der Waals surface area contributed by atoms with Crippen LogP contribution in [0, 0.1) is 0 Å². The number of nitrogen functional groups attached to an aromatic ring is 1. The van der Waals surface area contributed by atoms with Gasteiger partial charge in [-0.2, -0.15) is 10.2 Å². The molecule has 0 saturated carbocycles. The van der Waals surface area contributed by atoms with Crippen LogP contribution in [0.1, 0.15) is 64.0 Å². The van der Waals surface area contributed by atoms with Crippen LogP contribution in [0.15, 0.2) is 73.3 Å². The summed E-state index contributed by atoms with van der Waals surface area (Å²) in [4.78, 5) is 29.1. The first-order valence-corrected chi connectivity index (χ1v) is 14.9. The van der Waals surface area contributed by atoms with Crippen LogP contribution in [0.4, 0.5) is 34.6 Å². The van der Waals surface area contributed by atoms with Crippen molar-refractivity contribution < 1.29 is 4.79 Å². The summed E-state index contributed by atoms with van der Waals surface area (Å²) in [6.45, 7) is 10.2. The van der Waals surface area contributed by atoms with Gasteiger partial charge in [0.25, 0.3) is 0 Å². The largest absolute Gasteiger partial charge is 0.397 e. The van der Waals surface area contributed by atoms with E-state index in [-0.39, 0.29) is 5.91 Å². The molecule has 6 aromatic rings. The number of hydrogen-bond donors (Lipinski definition) is 4. The summed E-state index contributed by atoms with van der Waals surface area (Å²) in [5.41, 5.74) is 12.2. The van der Waals surface area contributed by atoms with Crippen LogP contribution in [-0.4, -0.2) is 46.2 Å². The maximum Gasteiger partial charge on any atom is 0.224 e. The molecule has 0 aliphatic rings. The van der Waals surface area contributed by atoms with Crippen molar-refractivity contribution in [3.05, 3.63) is 84.4 Å². The molecule has 0 radical (unpaired) electrons. The third kappa shape index (κ3) is 8.20. The molecule has 6 rings (SSSR count). The van der Waals surface area contributed by atoms with E-state index in [1.54, 1.807) is 43.8 Å². The molecule has 46 heavy (non-hydrogen) atoms. The summed E-state index contributed by atoms with van der Waals surface area (Å²) in [5, 5.41) is 25.3. The van der Waals surface area contributed by atoms with Gasteiger partial charge in [-0.05, 0) is 71.5 Å². The van der Waals surface area contributed by atoms with Crippen molar-refractivity contribution in [2.24, 2.45) is 0 Å². The third-order valence-corrected chi connectivity index (χ3v) is 6.90. The van der Waals surface area contributed by atoms with Gasteiger partial charge in [-0.25, -0.2) is 9.97 Å². The first-order valence-electron chi connectivity index (χ1n) is 14.9. The molecule has 0 saturated heterocycles. The normalized spacial score (nSPS) is 10.9. The van der Waals surface area contributed by atoms with E-state index < -0.39 is 0 Å². The molecule has 0 unspecified atom stereocenters. The average Bonchev–Trinajstić information content (AvgIpc) is 3.05. The molecular weight excluding hydrogens is 580 g/mol. The van der Waals surface area contributed by atoms with Gasteiger partial charge < -0.3 is 21.7 Å². The minimum atomic E-state index is -0.0591. The lowest BCUT2D eigenvalue weighted by Gasteiger charge is -2.09. The lowest BCUT2D eigenvalue weighted by Crippen LogP contribution is -2.09. The zero-order valence-corrected chi connectivity index (χ0v) is 26.4. The van der Waals surface area contributed by atoms with E-state index in [1.807, 2.05) is 36.4 Å². The van der Waals surface area contributed by atoms with Crippen molar-refractivity contribution in [1.29, 1.82) is 0 Å². The van der Waals surface area contributed by atoms with Crippen LogP contribution in [0.5, 0.6) is 0 Å². The Hall–Kier alpha value is -5.85. The minimum Gasteiger partial charge on any atom is -0.397 e. The lowest BCUT2D eigenvalue weighted by molar-refractivity contribution is -0.115. The van der Waals surface area contributed by atoms with E-state index >= 15 is 0 Å². The van der Waals surface area contributed by atoms with Crippen molar-refractivity contribution >= 4 is 62.6 Å². The monoisotopic (exact) mass is 616 g/mol. The Balaban J connectivity index is 0.000000184. The van der Waals surface area contributed by atoms with Crippen molar-refractivity contribution in [3.63, 3.8) is 0 Å². The second-order valence-corrected chi connectivity index (χ2v) is 11.2. The van der Waals surface area contributed by atoms with E-state index in [9.17, 15) is 4.79 Å². The average molecular weight is 617 g/mol. The zero-order chi connectivity index (χ0) is 32.6. The summed E-state index contributed by atoms with van der Waals surface area (Å²) in [6.07, 6.45) is 7.19. The number of nitrogens with two attached hydrogens (primary N) is 1. The van der Waals surface area contributed by atoms with E-state index in [4.69, 9.17) is 5.73 Å². The van der Waals surface area contributed by atoms with Crippen LogP contribution in [0.25, 0.3) is 22.1 Å². The van der Waals surface area contributed by atoms with E-state index in [0.29, 0.717) is 58.4 Å². The van der Waals surface area contributed by atoms with Gasteiger partial charge in [0.05, 0.1) is 58.2 Å². The highest BCUT2D eigenvalue weighted by Gasteiger charge is 2.08. The SMILES string of the molecule is CC(C)c1cnnc(Nc2ccc3ncc(N)cc3n2)c1.CCC(=O)Nc1cnc2ccc(Nc3cc(C(C)C)cnn3)nc2c1. The molecule has 0 aliphatic heterocycles.